The summed E-state index contributed by atoms with van der Waals surface area (Å²) in [4.78, 5) is 42.1. The lowest BCUT2D eigenvalue weighted by Gasteiger charge is -2.24. The number of alkyl carbamates (subject to hydrolysis) is 1. The first-order valence-electron chi connectivity index (χ1n) is 19.1. The first-order chi connectivity index (χ1) is 26.7. The molecular formula is C44H56N4O6S2. The average molecular weight is 801 g/mol. The number of thioether (sulfide) groups is 1. The van der Waals surface area contributed by atoms with Crippen molar-refractivity contribution in [1.82, 2.24) is 20.3 Å². The van der Waals surface area contributed by atoms with Gasteiger partial charge in [-0.1, -0.05) is 86.1 Å². The molecule has 0 saturated heterocycles. The molecule has 0 spiro atoms. The molecule has 0 radical (unpaired) electrons. The number of benzene rings is 4. The van der Waals surface area contributed by atoms with Crippen molar-refractivity contribution >= 4 is 39.7 Å². The molecule has 0 bridgehead atoms. The van der Waals surface area contributed by atoms with E-state index in [1.165, 1.54) is 29.5 Å². The Hall–Kier alpha value is -4.65. The molecule has 1 atom stereocenters. The smallest absolute Gasteiger partial charge is 0.407 e. The van der Waals surface area contributed by atoms with Gasteiger partial charge in [-0.25, -0.2) is 17.9 Å². The van der Waals surface area contributed by atoms with Crippen molar-refractivity contribution in [2.45, 2.75) is 89.9 Å². The fourth-order valence-electron chi connectivity index (χ4n) is 6.11. The molecule has 3 amide bonds. The summed E-state index contributed by atoms with van der Waals surface area (Å²) >= 11 is 1.49. The normalized spacial score (nSPS) is 12.2. The summed E-state index contributed by atoms with van der Waals surface area (Å²) in [6.07, 6.45) is 4.60. The van der Waals surface area contributed by atoms with Crippen LogP contribution in [-0.2, 0) is 39.1 Å². The first-order valence-corrected chi connectivity index (χ1v) is 21.9. The van der Waals surface area contributed by atoms with E-state index in [1.807, 2.05) is 49.6 Å². The van der Waals surface area contributed by atoms with Crippen LogP contribution < -0.4 is 15.4 Å². The molecule has 0 saturated carbocycles. The maximum absolute atomic E-state index is 14.1. The van der Waals surface area contributed by atoms with Gasteiger partial charge in [0.1, 0.15) is 11.6 Å². The summed E-state index contributed by atoms with van der Waals surface area (Å²) < 4.78 is 34.1. The van der Waals surface area contributed by atoms with E-state index in [-0.39, 0.29) is 17.9 Å². The standard InChI is InChI=1S/C44H56N4O6S2/c1-7-8-26-48(27-24-33-15-10-9-11-16-33)31-35-20-23-38(39(29-35)37-17-13-12-14-32(37)2)41(49)46-40(25-28-55-6)42(50)47-56(52,53)36-21-18-34(19-22-36)30-45-43(51)54-44(3,4)5/h9-23,29,40H,7-8,24-28,30-31H2,1-6H3,(H,45,51)(H,46,49)(H,47,50). The number of carbonyl (C=O) groups excluding carboxylic acids is 3. The summed E-state index contributed by atoms with van der Waals surface area (Å²) in [7, 11) is -4.28. The van der Waals surface area contributed by atoms with Crippen LogP contribution in [0.15, 0.2) is 102 Å². The molecule has 4 aromatic rings. The zero-order chi connectivity index (χ0) is 40.7. The number of hydrogen-bond acceptors (Lipinski definition) is 8. The van der Waals surface area contributed by atoms with E-state index >= 15 is 0 Å². The van der Waals surface area contributed by atoms with Crippen LogP contribution in [0.3, 0.4) is 0 Å². The lowest BCUT2D eigenvalue weighted by Crippen LogP contribution is -2.48. The number of ether oxygens (including phenoxy) is 1. The third-order valence-corrected chi connectivity index (χ3v) is 11.1. The first kappa shape index (κ1) is 44.1. The van der Waals surface area contributed by atoms with Crippen molar-refractivity contribution in [3.63, 3.8) is 0 Å². The van der Waals surface area contributed by atoms with E-state index in [1.54, 1.807) is 39.0 Å². The highest BCUT2D eigenvalue weighted by molar-refractivity contribution is 7.98. The van der Waals surface area contributed by atoms with Gasteiger partial charge in [0.15, 0.2) is 0 Å². The van der Waals surface area contributed by atoms with Crippen LogP contribution in [0, 0.1) is 6.92 Å². The highest BCUT2D eigenvalue weighted by atomic mass is 32.2. The van der Waals surface area contributed by atoms with Gasteiger partial charge in [-0.15, -0.1) is 0 Å². The summed E-state index contributed by atoms with van der Waals surface area (Å²) in [6, 6.07) is 28.9. The van der Waals surface area contributed by atoms with Crippen molar-refractivity contribution < 1.29 is 27.5 Å². The second kappa shape index (κ2) is 21.0. The fraction of sp³-hybridized carbons (Fsp3) is 0.386. The molecule has 3 N–H and O–H groups in total. The minimum absolute atomic E-state index is 0.126. The Morgan fingerprint density at radius 2 is 1.52 bits per heavy atom. The third kappa shape index (κ3) is 13.8. The summed E-state index contributed by atoms with van der Waals surface area (Å²) in [5.74, 6) is -0.790. The van der Waals surface area contributed by atoms with E-state index in [0.29, 0.717) is 23.4 Å². The van der Waals surface area contributed by atoms with Crippen LogP contribution in [-0.4, -0.2) is 68.0 Å². The Bertz CT molecular complexity index is 2020. The SMILES string of the molecule is CCCCN(CCc1ccccc1)Cc1ccc(C(=O)NC(CCSC)C(=O)NS(=O)(=O)c2ccc(CNC(=O)OC(C)(C)C)cc2)c(-c2ccccc2C)c1. The van der Waals surface area contributed by atoms with E-state index < -0.39 is 39.6 Å². The van der Waals surface area contributed by atoms with Crippen LogP contribution in [0.1, 0.15) is 79.6 Å². The van der Waals surface area contributed by atoms with Crippen LogP contribution in [0.4, 0.5) is 4.79 Å². The van der Waals surface area contributed by atoms with Crippen LogP contribution in [0.2, 0.25) is 0 Å². The Balaban J connectivity index is 1.53. The highest BCUT2D eigenvalue weighted by Crippen LogP contribution is 2.29. The number of rotatable bonds is 19. The molecule has 0 heterocycles. The summed E-state index contributed by atoms with van der Waals surface area (Å²) in [5, 5.41) is 5.49. The molecule has 0 aliphatic heterocycles. The van der Waals surface area contributed by atoms with Crippen molar-refractivity contribution in [2.24, 2.45) is 0 Å². The molecule has 0 aliphatic carbocycles. The molecule has 1 unspecified atom stereocenters. The van der Waals surface area contributed by atoms with Gasteiger partial charge in [0.25, 0.3) is 21.8 Å². The minimum atomic E-state index is -4.28. The molecule has 10 nitrogen and oxygen atoms in total. The molecule has 0 aromatic heterocycles. The molecule has 300 valence electrons. The van der Waals surface area contributed by atoms with E-state index in [2.05, 4.69) is 57.5 Å². The van der Waals surface area contributed by atoms with Gasteiger partial charge in [0.2, 0.25) is 0 Å². The Morgan fingerprint density at radius 1 is 0.839 bits per heavy atom. The number of unbranched alkanes of at least 4 members (excludes halogenated alkanes) is 1. The van der Waals surface area contributed by atoms with Gasteiger partial charge < -0.3 is 15.4 Å². The maximum Gasteiger partial charge on any atom is 0.407 e. The zero-order valence-corrected chi connectivity index (χ0v) is 35.0. The molecular weight excluding hydrogens is 745 g/mol. The number of aryl methyl sites for hydroxylation is 1. The second-order valence-electron chi connectivity index (χ2n) is 14.8. The van der Waals surface area contributed by atoms with Gasteiger partial charge in [-0.2, -0.15) is 11.8 Å². The third-order valence-electron chi connectivity index (χ3n) is 9.09. The molecule has 12 heteroatoms. The average Bonchev–Trinajstić information content (AvgIpc) is 3.16. The number of sulfonamides is 1. The minimum Gasteiger partial charge on any atom is -0.444 e. The molecule has 0 fully saturated rings. The van der Waals surface area contributed by atoms with E-state index in [0.717, 1.165) is 54.6 Å². The van der Waals surface area contributed by atoms with Crippen molar-refractivity contribution in [1.29, 1.82) is 0 Å². The van der Waals surface area contributed by atoms with E-state index in [4.69, 9.17) is 4.74 Å². The number of carbonyl (C=O) groups is 3. The largest absolute Gasteiger partial charge is 0.444 e. The molecule has 4 aromatic carbocycles. The van der Waals surface area contributed by atoms with Crippen molar-refractivity contribution in [3.05, 3.63) is 125 Å². The molecule has 4 rings (SSSR count). The van der Waals surface area contributed by atoms with Crippen LogP contribution in [0.25, 0.3) is 11.1 Å². The van der Waals surface area contributed by atoms with Gasteiger partial charge in [-0.3, -0.25) is 14.5 Å². The zero-order valence-electron chi connectivity index (χ0n) is 33.4. The van der Waals surface area contributed by atoms with Crippen molar-refractivity contribution in [2.75, 3.05) is 25.1 Å². The number of nitrogens with zero attached hydrogens (tertiary/aromatic N) is 1. The number of amides is 3. The quantitative estimate of drug-likeness (QED) is 0.0873. The monoisotopic (exact) mass is 800 g/mol. The van der Waals surface area contributed by atoms with Gasteiger partial charge in [-0.05, 0) is 123 Å². The van der Waals surface area contributed by atoms with Crippen LogP contribution >= 0.6 is 11.8 Å². The Kier molecular flexibility index (Phi) is 16.6. The maximum atomic E-state index is 14.1. The molecule has 0 aliphatic rings. The van der Waals surface area contributed by atoms with E-state index in [9.17, 15) is 22.8 Å². The van der Waals surface area contributed by atoms with Gasteiger partial charge in [0.05, 0.1) is 4.90 Å². The predicted octanol–water partition coefficient (Wildman–Crippen LogP) is 7.89. The fourth-order valence-corrected chi connectivity index (χ4v) is 7.60. The lowest BCUT2D eigenvalue weighted by molar-refractivity contribution is -0.121. The number of nitrogens with one attached hydrogen (secondary N) is 3. The molecule has 56 heavy (non-hydrogen) atoms. The Morgan fingerprint density at radius 3 is 2.18 bits per heavy atom. The summed E-state index contributed by atoms with van der Waals surface area (Å²) in [6.45, 7) is 12.2. The Labute approximate surface area is 337 Å². The van der Waals surface area contributed by atoms with Crippen LogP contribution in [0.5, 0.6) is 0 Å². The topological polar surface area (TPSA) is 134 Å². The lowest BCUT2D eigenvalue weighted by atomic mass is 9.93. The predicted molar refractivity (Wildman–Crippen MR) is 226 cm³/mol. The van der Waals surface area contributed by atoms with Crippen molar-refractivity contribution in [3.8, 4) is 11.1 Å². The number of hydrogen-bond donors (Lipinski definition) is 3. The van der Waals surface area contributed by atoms with Gasteiger partial charge in [0, 0.05) is 25.2 Å². The highest BCUT2D eigenvalue weighted by Gasteiger charge is 2.28. The summed E-state index contributed by atoms with van der Waals surface area (Å²) in [5.41, 5.74) is 5.39. The second-order valence-corrected chi connectivity index (χ2v) is 17.5. The van der Waals surface area contributed by atoms with Gasteiger partial charge >= 0.3 is 6.09 Å².